The summed E-state index contributed by atoms with van der Waals surface area (Å²) in [6.45, 7) is 2.49. The molecule has 2 fully saturated rings. The Morgan fingerprint density at radius 3 is 2.44 bits per heavy atom. The summed E-state index contributed by atoms with van der Waals surface area (Å²) in [6, 6.07) is 7.55. The molecule has 2 N–H and O–H groups in total. The van der Waals surface area contributed by atoms with E-state index in [1.54, 1.807) is 17.0 Å². The summed E-state index contributed by atoms with van der Waals surface area (Å²) in [6.07, 6.45) is 4.50. The summed E-state index contributed by atoms with van der Waals surface area (Å²) >= 11 is 0. The molecule has 0 spiro atoms. The molecule has 2 aliphatic heterocycles. The normalized spacial score (nSPS) is 24.6. The Bertz CT molecular complexity index is 739. The van der Waals surface area contributed by atoms with Crippen LogP contribution in [0.2, 0.25) is 0 Å². The van der Waals surface area contributed by atoms with Gasteiger partial charge in [0.1, 0.15) is 5.75 Å². The van der Waals surface area contributed by atoms with Gasteiger partial charge in [0.25, 0.3) is 0 Å². The molecule has 2 bridgehead atoms. The number of nitrogens with zero attached hydrogens (tertiary/aromatic N) is 1. The summed E-state index contributed by atoms with van der Waals surface area (Å²) in [5.41, 5.74) is 0. The number of ether oxygens (including phenoxy) is 1. The van der Waals surface area contributed by atoms with Crippen molar-refractivity contribution < 1.29 is 17.9 Å². The van der Waals surface area contributed by atoms with Gasteiger partial charge < -0.3 is 15.0 Å². The maximum atomic E-state index is 12.5. The smallest absolute Gasteiger partial charge is 0.240 e. The van der Waals surface area contributed by atoms with E-state index in [2.05, 4.69) is 10.0 Å². The molecular formula is C19H29N3O4S. The number of fused-ring (bicyclic) bond motifs is 2. The van der Waals surface area contributed by atoms with Crippen LogP contribution in [0.4, 0.5) is 0 Å². The third-order valence-electron chi connectivity index (χ3n) is 5.47. The zero-order valence-electron chi connectivity index (χ0n) is 16.0. The van der Waals surface area contributed by atoms with Crippen LogP contribution in [-0.2, 0) is 14.8 Å². The Kier molecular flexibility index (Phi) is 6.39. The van der Waals surface area contributed by atoms with Gasteiger partial charge in [0.15, 0.2) is 0 Å². The second kappa shape index (κ2) is 8.58. The van der Waals surface area contributed by atoms with E-state index < -0.39 is 10.0 Å². The summed E-state index contributed by atoms with van der Waals surface area (Å²) in [5, 5.41) is 3.57. The lowest BCUT2D eigenvalue weighted by Crippen LogP contribution is -2.49. The highest BCUT2D eigenvalue weighted by molar-refractivity contribution is 7.89. The van der Waals surface area contributed by atoms with Crippen LogP contribution in [0.3, 0.4) is 0 Å². The fourth-order valence-electron chi connectivity index (χ4n) is 3.98. The standard InChI is InChI=1S/C19H29N3O4S/c1-3-26-17-6-8-18(9-7-17)27(24,25)20-11-10-19(23)22(2)16-12-14-4-5-15(13-16)21-14/h6-9,14-16,20-21H,3-5,10-13H2,1-2H3. The van der Waals surface area contributed by atoms with Crippen molar-refractivity contribution in [3.63, 3.8) is 0 Å². The van der Waals surface area contributed by atoms with Crippen molar-refractivity contribution in [2.45, 2.75) is 62.0 Å². The van der Waals surface area contributed by atoms with E-state index in [4.69, 9.17) is 4.74 Å². The maximum Gasteiger partial charge on any atom is 0.240 e. The van der Waals surface area contributed by atoms with Gasteiger partial charge in [-0.25, -0.2) is 13.1 Å². The highest BCUT2D eigenvalue weighted by Crippen LogP contribution is 2.29. The van der Waals surface area contributed by atoms with Gasteiger partial charge in [-0.05, 0) is 56.9 Å². The average molecular weight is 396 g/mol. The number of sulfonamides is 1. The zero-order chi connectivity index (χ0) is 19.4. The average Bonchev–Trinajstić information content (AvgIpc) is 2.99. The SMILES string of the molecule is CCOc1ccc(S(=O)(=O)NCCC(=O)N(C)C2CC3CCC(C2)N3)cc1. The largest absolute Gasteiger partial charge is 0.494 e. The molecule has 8 heteroatoms. The highest BCUT2D eigenvalue weighted by atomic mass is 32.2. The van der Waals surface area contributed by atoms with Crippen molar-refractivity contribution >= 4 is 15.9 Å². The van der Waals surface area contributed by atoms with Gasteiger partial charge in [0.2, 0.25) is 15.9 Å². The van der Waals surface area contributed by atoms with Crippen LogP contribution in [0.15, 0.2) is 29.2 Å². The molecule has 27 heavy (non-hydrogen) atoms. The summed E-state index contributed by atoms with van der Waals surface area (Å²) in [7, 11) is -1.80. The van der Waals surface area contributed by atoms with E-state index in [9.17, 15) is 13.2 Å². The lowest BCUT2D eigenvalue weighted by Gasteiger charge is -2.35. The number of amides is 1. The highest BCUT2D eigenvalue weighted by Gasteiger charge is 2.36. The van der Waals surface area contributed by atoms with E-state index >= 15 is 0 Å². The molecule has 150 valence electrons. The van der Waals surface area contributed by atoms with Crippen molar-refractivity contribution in [3.05, 3.63) is 24.3 Å². The quantitative estimate of drug-likeness (QED) is 0.696. The van der Waals surface area contributed by atoms with E-state index in [-0.39, 0.29) is 29.8 Å². The van der Waals surface area contributed by atoms with Gasteiger partial charge in [-0.15, -0.1) is 0 Å². The van der Waals surface area contributed by atoms with E-state index in [0.717, 1.165) is 12.8 Å². The van der Waals surface area contributed by atoms with Crippen LogP contribution < -0.4 is 14.8 Å². The topological polar surface area (TPSA) is 87.7 Å². The number of benzene rings is 1. The number of carbonyl (C=O) groups excluding carboxylic acids is 1. The number of carbonyl (C=O) groups is 1. The third-order valence-corrected chi connectivity index (χ3v) is 6.94. The van der Waals surface area contributed by atoms with Crippen molar-refractivity contribution in [3.8, 4) is 5.75 Å². The van der Waals surface area contributed by atoms with Crippen molar-refractivity contribution in [1.29, 1.82) is 0 Å². The predicted molar refractivity (Wildman–Crippen MR) is 103 cm³/mol. The maximum absolute atomic E-state index is 12.5. The number of rotatable bonds is 8. The first-order valence-corrected chi connectivity index (χ1v) is 11.1. The molecule has 1 aromatic carbocycles. The van der Waals surface area contributed by atoms with Gasteiger partial charge in [-0.3, -0.25) is 4.79 Å². The lowest BCUT2D eigenvalue weighted by atomic mass is 9.98. The Labute approximate surface area is 161 Å². The van der Waals surface area contributed by atoms with E-state index in [1.807, 2.05) is 14.0 Å². The van der Waals surface area contributed by atoms with Gasteiger partial charge >= 0.3 is 0 Å². The first-order valence-electron chi connectivity index (χ1n) is 9.63. The number of hydrogen-bond acceptors (Lipinski definition) is 5. The molecular weight excluding hydrogens is 366 g/mol. The fourth-order valence-corrected chi connectivity index (χ4v) is 5.01. The van der Waals surface area contributed by atoms with Crippen LogP contribution in [0.1, 0.15) is 39.0 Å². The third kappa shape index (κ3) is 5.00. The molecule has 2 saturated heterocycles. The van der Waals surface area contributed by atoms with Crippen LogP contribution in [-0.4, -0.2) is 57.5 Å². The van der Waals surface area contributed by atoms with Crippen LogP contribution in [0, 0.1) is 0 Å². The lowest BCUT2D eigenvalue weighted by molar-refractivity contribution is -0.132. The van der Waals surface area contributed by atoms with Crippen LogP contribution in [0.25, 0.3) is 0 Å². The van der Waals surface area contributed by atoms with Gasteiger partial charge in [-0.1, -0.05) is 0 Å². The Balaban J connectivity index is 1.48. The van der Waals surface area contributed by atoms with Crippen molar-refractivity contribution in [1.82, 2.24) is 14.9 Å². The minimum atomic E-state index is -3.63. The zero-order valence-corrected chi connectivity index (χ0v) is 16.8. The summed E-state index contributed by atoms with van der Waals surface area (Å²) < 4.78 is 32.6. The molecule has 2 atom stereocenters. The first-order chi connectivity index (χ1) is 12.9. The fraction of sp³-hybridized carbons (Fsp3) is 0.632. The molecule has 2 heterocycles. The van der Waals surface area contributed by atoms with Crippen LogP contribution >= 0.6 is 0 Å². The van der Waals surface area contributed by atoms with Gasteiger partial charge in [0, 0.05) is 38.1 Å². The molecule has 0 saturated carbocycles. The van der Waals surface area contributed by atoms with Crippen LogP contribution in [0.5, 0.6) is 5.75 Å². The van der Waals surface area contributed by atoms with E-state index in [1.165, 1.54) is 25.0 Å². The molecule has 0 radical (unpaired) electrons. The van der Waals surface area contributed by atoms with Crippen molar-refractivity contribution in [2.75, 3.05) is 20.2 Å². The molecule has 1 aromatic rings. The molecule has 0 aromatic heterocycles. The second-order valence-corrected chi connectivity index (χ2v) is 9.09. The minimum Gasteiger partial charge on any atom is -0.494 e. The van der Waals surface area contributed by atoms with Gasteiger partial charge in [-0.2, -0.15) is 0 Å². The molecule has 2 unspecified atom stereocenters. The Hall–Kier alpha value is -1.64. The Morgan fingerprint density at radius 1 is 1.22 bits per heavy atom. The first kappa shape index (κ1) is 20.1. The second-order valence-electron chi connectivity index (χ2n) is 7.32. The van der Waals surface area contributed by atoms with Crippen molar-refractivity contribution in [2.24, 2.45) is 0 Å². The Morgan fingerprint density at radius 2 is 1.85 bits per heavy atom. The summed E-state index contributed by atoms with van der Waals surface area (Å²) in [4.78, 5) is 14.4. The predicted octanol–water partition coefficient (Wildman–Crippen LogP) is 1.50. The number of hydrogen-bond donors (Lipinski definition) is 2. The summed E-state index contributed by atoms with van der Waals surface area (Å²) in [5.74, 6) is 0.611. The molecule has 3 rings (SSSR count). The molecule has 0 aliphatic carbocycles. The minimum absolute atomic E-state index is 0.0179. The van der Waals surface area contributed by atoms with Gasteiger partial charge in [0.05, 0.1) is 11.5 Å². The molecule has 1 amide bonds. The molecule has 7 nitrogen and oxygen atoms in total. The molecule has 2 aliphatic rings. The number of piperidine rings is 1. The number of nitrogens with one attached hydrogen (secondary N) is 2. The van der Waals surface area contributed by atoms with E-state index in [0.29, 0.717) is 24.4 Å². The monoisotopic (exact) mass is 395 g/mol.